The summed E-state index contributed by atoms with van der Waals surface area (Å²) in [6.07, 6.45) is 4.08. The molecule has 4 aliphatic rings. The highest BCUT2D eigenvalue weighted by atomic mass is 35.5. The van der Waals surface area contributed by atoms with Gasteiger partial charge in [-0.05, 0) is 37.0 Å². The number of nitrogens with zero attached hydrogens (tertiary/aromatic N) is 5. The van der Waals surface area contributed by atoms with Gasteiger partial charge in [-0.3, -0.25) is 9.80 Å². The Morgan fingerprint density at radius 3 is 2.57 bits per heavy atom. The maximum Gasteiger partial charge on any atom is 0.135 e. The second-order valence-electron chi connectivity index (χ2n) is 8.91. The molecule has 0 unspecified atom stereocenters. The molecule has 2 atom stereocenters. The second kappa shape index (κ2) is 8.83. The van der Waals surface area contributed by atoms with Crippen molar-refractivity contribution in [3.05, 3.63) is 34.9 Å². The van der Waals surface area contributed by atoms with Gasteiger partial charge in [0.05, 0.1) is 19.6 Å². The van der Waals surface area contributed by atoms with E-state index in [9.17, 15) is 0 Å². The molecule has 4 heterocycles. The van der Waals surface area contributed by atoms with Crippen LogP contribution < -0.4 is 5.73 Å². The van der Waals surface area contributed by atoms with Crippen LogP contribution in [-0.2, 0) is 11.2 Å². The van der Waals surface area contributed by atoms with Crippen molar-refractivity contribution in [1.82, 2.24) is 14.7 Å². The first-order valence-electron chi connectivity index (χ1n) is 11.1. The van der Waals surface area contributed by atoms with Crippen LogP contribution in [0.4, 0.5) is 0 Å². The largest absolute Gasteiger partial charge is 0.385 e. The fourth-order valence-electron chi connectivity index (χ4n) is 5.37. The predicted octanol–water partition coefficient (Wildman–Crippen LogP) is 1.81. The molecule has 0 amide bonds. The monoisotopic (exact) mass is 430 g/mol. The first-order valence-corrected chi connectivity index (χ1v) is 11.5. The highest BCUT2D eigenvalue weighted by Gasteiger charge is 2.39. The maximum absolute atomic E-state index is 6.11. The Bertz CT molecular complexity index is 804. The smallest absolute Gasteiger partial charge is 0.135 e. The maximum atomic E-state index is 6.11. The van der Waals surface area contributed by atoms with Gasteiger partial charge in [0.2, 0.25) is 0 Å². The summed E-state index contributed by atoms with van der Waals surface area (Å²) in [5.41, 5.74) is 7.18. The Balaban J connectivity index is 1.27. The molecule has 0 radical (unpaired) electrons. The summed E-state index contributed by atoms with van der Waals surface area (Å²) in [6, 6.07) is 10.0. The highest BCUT2D eigenvalue weighted by molar-refractivity contribution is 6.30. The van der Waals surface area contributed by atoms with Crippen molar-refractivity contribution in [3.63, 3.8) is 0 Å². The summed E-state index contributed by atoms with van der Waals surface area (Å²) in [6.45, 7) is 7.04. The molecule has 30 heavy (non-hydrogen) atoms. The Kier molecular flexibility index (Phi) is 5.96. The van der Waals surface area contributed by atoms with Crippen LogP contribution in [0.25, 0.3) is 0 Å². The van der Waals surface area contributed by atoms with Crippen LogP contribution in [0.3, 0.4) is 0 Å². The van der Waals surface area contributed by atoms with Crippen molar-refractivity contribution < 1.29 is 4.74 Å². The molecule has 0 saturated carbocycles. The number of piperidine rings is 1. The Morgan fingerprint density at radius 1 is 1.03 bits per heavy atom. The average Bonchev–Trinajstić information content (AvgIpc) is 3.21. The number of benzene rings is 1. The summed E-state index contributed by atoms with van der Waals surface area (Å²) >= 11 is 6.11. The topological polar surface area (TPSA) is 69.7 Å². The van der Waals surface area contributed by atoms with E-state index in [2.05, 4.69) is 37.0 Å². The first kappa shape index (κ1) is 20.2. The number of hydrogen-bond donors (Lipinski definition) is 1. The third kappa shape index (κ3) is 4.35. The van der Waals surface area contributed by atoms with Gasteiger partial charge in [-0.1, -0.05) is 23.7 Å². The second-order valence-corrected chi connectivity index (χ2v) is 9.34. The van der Waals surface area contributed by atoms with E-state index in [0.29, 0.717) is 30.4 Å². The third-order valence-corrected chi connectivity index (χ3v) is 7.25. The van der Waals surface area contributed by atoms with E-state index in [0.717, 1.165) is 76.1 Å². The number of piperazine rings is 1. The molecule has 5 rings (SSSR count). The van der Waals surface area contributed by atoms with E-state index in [4.69, 9.17) is 22.1 Å². The molecule has 0 spiro atoms. The van der Waals surface area contributed by atoms with Crippen LogP contribution in [0.15, 0.2) is 34.5 Å². The van der Waals surface area contributed by atoms with Crippen LogP contribution in [0.5, 0.6) is 0 Å². The predicted molar refractivity (Wildman–Crippen MR) is 120 cm³/mol. The molecule has 0 aliphatic carbocycles. The molecular weight excluding hydrogens is 400 g/mol. The van der Waals surface area contributed by atoms with Gasteiger partial charge in [0.1, 0.15) is 11.7 Å². The lowest BCUT2D eigenvalue weighted by atomic mass is 9.93. The molecule has 3 fully saturated rings. The summed E-state index contributed by atoms with van der Waals surface area (Å²) < 4.78 is 5.80. The van der Waals surface area contributed by atoms with Crippen LogP contribution in [0, 0.1) is 0 Å². The van der Waals surface area contributed by atoms with E-state index < -0.39 is 0 Å². The van der Waals surface area contributed by atoms with Gasteiger partial charge in [-0.25, -0.2) is 0 Å². The highest BCUT2D eigenvalue weighted by Crippen LogP contribution is 2.28. The summed E-state index contributed by atoms with van der Waals surface area (Å²) in [5.74, 6) is 1.66. The van der Waals surface area contributed by atoms with Crippen molar-refractivity contribution in [2.45, 2.75) is 43.8 Å². The molecule has 2 N–H and O–H groups in total. The molecule has 3 saturated heterocycles. The van der Waals surface area contributed by atoms with Gasteiger partial charge in [0.15, 0.2) is 0 Å². The number of rotatable bonds is 3. The lowest BCUT2D eigenvalue weighted by Crippen LogP contribution is -2.65. The van der Waals surface area contributed by atoms with E-state index in [1.807, 2.05) is 12.1 Å². The summed E-state index contributed by atoms with van der Waals surface area (Å²) in [5, 5.41) is 9.09. The number of likely N-dealkylation sites (tertiary alicyclic amines) is 1. The lowest BCUT2D eigenvalue weighted by Gasteiger charge is -2.52. The van der Waals surface area contributed by atoms with Crippen molar-refractivity contribution in [1.29, 1.82) is 0 Å². The van der Waals surface area contributed by atoms with Crippen molar-refractivity contribution in [2.24, 2.45) is 15.9 Å². The zero-order valence-corrected chi connectivity index (χ0v) is 18.2. The lowest BCUT2D eigenvalue weighted by molar-refractivity contribution is -0.0788. The third-order valence-electron chi connectivity index (χ3n) is 7.00. The molecule has 1 aromatic rings. The Labute approximate surface area is 183 Å². The molecule has 1 aromatic carbocycles. The van der Waals surface area contributed by atoms with E-state index >= 15 is 0 Å². The SMILES string of the molecule is NC1=NN=C(N2CCC(N3C[C@@H]4COCCN4C[C@@H]3Cc3ccc(Cl)cc3)CC2)C1. The van der Waals surface area contributed by atoms with Crippen LogP contribution in [-0.4, -0.2) is 90.4 Å². The molecule has 0 aromatic heterocycles. The number of amidine groups is 2. The molecule has 4 aliphatic heterocycles. The molecule has 162 valence electrons. The minimum atomic E-state index is 0.519. The van der Waals surface area contributed by atoms with Crippen molar-refractivity contribution in [3.8, 4) is 0 Å². The van der Waals surface area contributed by atoms with Crippen LogP contribution >= 0.6 is 11.6 Å². The molecular formula is C22H31ClN6O. The van der Waals surface area contributed by atoms with E-state index in [1.165, 1.54) is 5.56 Å². The molecule has 7 nitrogen and oxygen atoms in total. The summed E-state index contributed by atoms with van der Waals surface area (Å²) in [7, 11) is 0. The number of morpholine rings is 1. The van der Waals surface area contributed by atoms with Crippen molar-refractivity contribution in [2.75, 3.05) is 45.9 Å². The Hall–Kier alpha value is -1.67. The van der Waals surface area contributed by atoms with E-state index in [-0.39, 0.29) is 0 Å². The van der Waals surface area contributed by atoms with E-state index in [1.54, 1.807) is 0 Å². The van der Waals surface area contributed by atoms with Gasteiger partial charge in [-0.15, -0.1) is 10.2 Å². The van der Waals surface area contributed by atoms with Crippen LogP contribution in [0.1, 0.15) is 24.8 Å². The van der Waals surface area contributed by atoms with Gasteiger partial charge in [-0.2, -0.15) is 0 Å². The standard InChI is InChI=1S/C22H31ClN6O/c23-17-3-1-16(2-4-17)11-19-13-28-9-10-30-15-20(28)14-29(19)18-5-7-27(8-6-18)22-12-21(24)25-26-22/h1-4,18-20H,5-15H2,(H2,24,25)/t19-,20+/m0/s1. The van der Waals surface area contributed by atoms with Gasteiger partial charge in [0.25, 0.3) is 0 Å². The normalized spacial score (nSPS) is 28.9. The van der Waals surface area contributed by atoms with Gasteiger partial charge < -0.3 is 15.4 Å². The minimum absolute atomic E-state index is 0.519. The molecule has 8 heteroatoms. The quantitative estimate of drug-likeness (QED) is 0.791. The molecule has 0 bridgehead atoms. The van der Waals surface area contributed by atoms with Crippen molar-refractivity contribution >= 4 is 23.3 Å². The Morgan fingerprint density at radius 2 is 1.83 bits per heavy atom. The van der Waals surface area contributed by atoms with Gasteiger partial charge >= 0.3 is 0 Å². The fourth-order valence-corrected chi connectivity index (χ4v) is 5.50. The minimum Gasteiger partial charge on any atom is -0.385 e. The van der Waals surface area contributed by atoms with Crippen LogP contribution in [0.2, 0.25) is 5.02 Å². The number of fused-ring (bicyclic) bond motifs is 1. The first-order chi connectivity index (χ1) is 14.7. The number of halogens is 1. The number of nitrogens with two attached hydrogens (primary N) is 1. The van der Waals surface area contributed by atoms with Gasteiger partial charge in [0, 0.05) is 55.9 Å². The number of hydrogen-bond acceptors (Lipinski definition) is 7. The summed E-state index contributed by atoms with van der Waals surface area (Å²) in [4.78, 5) is 7.79. The number of ether oxygens (including phenoxy) is 1. The zero-order chi connectivity index (χ0) is 20.5. The fraction of sp³-hybridized carbons (Fsp3) is 0.636. The zero-order valence-electron chi connectivity index (χ0n) is 17.4. The average molecular weight is 431 g/mol.